The van der Waals surface area contributed by atoms with Gasteiger partial charge in [-0.05, 0) is 30.7 Å². The molecule has 1 aliphatic heterocycles. The number of hydrogen-bond acceptors (Lipinski definition) is 4. The summed E-state index contributed by atoms with van der Waals surface area (Å²) in [6, 6.07) is 16.3. The number of aryl methyl sites for hydroxylation is 1. The maximum absolute atomic E-state index is 12.8. The van der Waals surface area contributed by atoms with Crippen molar-refractivity contribution in [3.8, 4) is 0 Å². The molecule has 138 valence electrons. The fraction of sp³-hybridized carbons (Fsp3) is 0.316. The SMILES string of the molecule is Cc1ccccc1S(=O)(=O)N1CCN(CC(=O)Nc2ccccc2)CC1. The van der Waals surface area contributed by atoms with Crippen molar-refractivity contribution in [1.29, 1.82) is 0 Å². The van der Waals surface area contributed by atoms with Gasteiger partial charge < -0.3 is 5.32 Å². The summed E-state index contributed by atoms with van der Waals surface area (Å²) in [7, 11) is -3.49. The van der Waals surface area contributed by atoms with Gasteiger partial charge in [-0.15, -0.1) is 0 Å². The normalized spacial score (nSPS) is 16.3. The van der Waals surface area contributed by atoms with Crippen LogP contribution in [0.3, 0.4) is 0 Å². The number of piperazine rings is 1. The van der Waals surface area contributed by atoms with E-state index in [0.29, 0.717) is 31.1 Å². The second-order valence-corrected chi connectivity index (χ2v) is 8.27. The minimum absolute atomic E-state index is 0.0913. The molecule has 1 fully saturated rings. The highest BCUT2D eigenvalue weighted by molar-refractivity contribution is 7.89. The molecule has 1 N–H and O–H groups in total. The summed E-state index contributed by atoms with van der Waals surface area (Å²) in [6.07, 6.45) is 0. The number of carbonyl (C=O) groups is 1. The van der Waals surface area contributed by atoms with E-state index in [9.17, 15) is 13.2 Å². The molecule has 0 spiro atoms. The molecule has 0 saturated carbocycles. The molecule has 7 heteroatoms. The van der Waals surface area contributed by atoms with Crippen molar-refractivity contribution in [1.82, 2.24) is 9.21 Å². The molecule has 26 heavy (non-hydrogen) atoms. The first kappa shape index (κ1) is 18.6. The lowest BCUT2D eigenvalue weighted by Crippen LogP contribution is -2.50. The first-order valence-corrected chi connectivity index (χ1v) is 10.0. The first-order valence-electron chi connectivity index (χ1n) is 8.60. The molecule has 0 radical (unpaired) electrons. The number of sulfonamides is 1. The van der Waals surface area contributed by atoms with Crippen molar-refractivity contribution in [2.24, 2.45) is 0 Å². The van der Waals surface area contributed by atoms with Crippen LogP contribution in [0.5, 0.6) is 0 Å². The maximum Gasteiger partial charge on any atom is 0.243 e. The molecule has 0 atom stereocenters. The zero-order valence-electron chi connectivity index (χ0n) is 14.8. The molecule has 1 heterocycles. The Morgan fingerprint density at radius 2 is 1.58 bits per heavy atom. The Morgan fingerprint density at radius 1 is 0.962 bits per heavy atom. The molecular formula is C19H23N3O3S. The van der Waals surface area contributed by atoms with E-state index in [-0.39, 0.29) is 12.5 Å². The van der Waals surface area contributed by atoms with Gasteiger partial charge in [0, 0.05) is 31.9 Å². The van der Waals surface area contributed by atoms with Gasteiger partial charge in [0.2, 0.25) is 15.9 Å². The van der Waals surface area contributed by atoms with Crippen molar-refractivity contribution in [2.45, 2.75) is 11.8 Å². The van der Waals surface area contributed by atoms with Gasteiger partial charge in [-0.3, -0.25) is 9.69 Å². The monoisotopic (exact) mass is 373 g/mol. The van der Waals surface area contributed by atoms with Crippen molar-refractivity contribution in [3.05, 3.63) is 60.2 Å². The highest BCUT2D eigenvalue weighted by Gasteiger charge is 2.29. The molecule has 6 nitrogen and oxygen atoms in total. The van der Waals surface area contributed by atoms with Gasteiger partial charge in [0.1, 0.15) is 0 Å². The third kappa shape index (κ3) is 4.30. The quantitative estimate of drug-likeness (QED) is 0.870. The Labute approximate surface area is 154 Å². The van der Waals surface area contributed by atoms with Crippen LogP contribution in [0.25, 0.3) is 0 Å². The van der Waals surface area contributed by atoms with Crippen LogP contribution in [0.2, 0.25) is 0 Å². The zero-order chi connectivity index (χ0) is 18.6. The van der Waals surface area contributed by atoms with Gasteiger partial charge in [0.25, 0.3) is 0 Å². The van der Waals surface area contributed by atoms with Crippen molar-refractivity contribution in [2.75, 3.05) is 38.0 Å². The van der Waals surface area contributed by atoms with Crippen molar-refractivity contribution in [3.63, 3.8) is 0 Å². The Bertz CT molecular complexity index is 861. The first-order chi connectivity index (χ1) is 12.5. The van der Waals surface area contributed by atoms with E-state index in [0.717, 1.165) is 11.3 Å². The van der Waals surface area contributed by atoms with Crippen LogP contribution in [-0.2, 0) is 14.8 Å². The molecule has 0 bridgehead atoms. The minimum Gasteiger partial charge on any atom is -0.325 e. The van der Waals surface area contributed by atoms with Crippen LogP contribution in [0.1, 0.15) is 5.56 Å². The zero-order valence-corrected chi connectivity index (χ0v) is 15.6. The molecule has 0 aromatic heterocycles. The van der Waals surface area contributed by atoms with E-state index in [4.69, 9.17) is 0 Å². The summed E-state index contributed by atoms with van der Waals surface area (Å²) in [5.74, 6) is -0.0913. The number of carbonyl (C=O) groups excluding carboxylic acids is 1. The fourth-order valence-electron chi connectivity index (χ4n) is 3.04. The lowest BCUT2D eigenvalue weighted by molar-refractivity contribution is -0.117. The van der Waals surface area contributed by atoms with Crippen LogP contribution in [0, 0.1) is 6.92 Å². The number of para-hydroxylation sites is 1. The Balaban J connectivity index is 1.56. The summed E-state index contributed by atoms with van der Waals surface area (Å²) in [5, 5.41) is 2.85. The number of hydrogen-bond donors (Lipinski definition) is 1. The molecule has 1 aliphatic rings. The van der Waals surface area contributed by atoms with E-state index >= 15 is 0 Å². The van der Waals surface area contributed by atoms with Crippen molar-refractivity contribution >= 4 is 21.6 Å². The largest absolute Gasteiger partial charge is 0.325 e. The van der Waals surface area contributed by atoms with E-state index < -0.39 is 10.0 Å². The standard InChI is InChI=1S/C19H23N3O3S/c1-16-7-5-6-10-18(16)26(24,25)22-13-11-21(12-14-22)15-19(23)20-17-8-3-2-4-9-17/h2-10H,11-15H2,1H3,(H,20,23). The molecule has 0 aliphatic carbocycles. The summed E-state index contributed by atoms with van der Waals surface area (Å²) >= 11 is 0. The van der Waals surface area contributed by atoms with E-state index in [1.54, 1.807) is 25.1 Å². The summed E-state index contributed by atoms with van der Waals surface area (Å²) in [5.41, 5.74) is 1.51. The average molecular weight is 373 g/mol. The minimum atomic E-state index is -3.49. The molecule has 1 amide bonds. The van der Waals surface area contributed by atoms with Crippen LogP contribution >= 0.6 is 0 Å². The van der Waals surface area contributed by atoms with Crippen LogP contribution in [0.4, 0.5) is 5.69 Å². The predicted molar refractivity (Wildman–Crippen MR) is 101 cm³/mol. The van der Waals surface area contributed by atoms with E-state index in [1.807, 2.05) is 41.3 Å². The highest BCUT2D eigenvalue weighted by atomic mass is 32.2. The Hall–Kier alpha value is -2.22. The molecule has 2 aromatic carbocycles. The third-order valence-corrected chi connectivity index (χ3v) is 6.53. The third-order valence-electron chi connectivity index (χ3n) is 4.47. The van der Waals surface area contributed by atoms with Gasteiger partial charge in [-0.25, -0.2) is 8.42 Å². The Morgan fingerprint density at radius 3 is 2.23 bits per heavy atom. The number of nitrogens with one attached hydrogen (secondary N) is 1. The number of anilines is 1. The highest BCUT2D eigenvalue weighted by Crippen LogP contribution is 2.20. The second kappa shape index (κ2) is 7.99. The van der Waals surface area contributed by atoms with Gasteiger partial charge in [-0.2, -0.15) is 4.31 Å². The van der Waals surface area contributed by atoms with Crippen molar-refractivity contribution < 1.29 is 13.2 Å². The summed E-state index contributed by atoms with van der Waals surface area (Å²) < 4.78 is 27.1. The lowest BCUT2D eigenvalue weighted by atomic mass is 10.2. The summed E-state index contributed by atoms with van der Waals surface area (Å²) in [6.45, 7) is 3.90. The van der Waals surface area contributed by atoms with Crippen LogP contribution in [-0.4, -0.2) is 56.3 Å². The van der Waals surface area contributed by atoms with E-state index in [2.05, 4.69) is 5.32 Å². The molecule has 1 saturated heterocycles. The topological polar surface area (TPSA) is 69.7 Å². The Kier molecular flexibility index (Phi) is 5.70. The average Bonchev–Trinajstić information content (AvgIpc) is 2.63. The smallest absolute Gasteiger partial charge is 0.243 e. The molecular weight excluding hydrogens is 350 g/mol. The number of benzene rings is 2. The maximum atomic E-state index is 12.8. The second-order valence-electron chi connectivity index (χ2n) is 6.36. The van der Waals surface area contributed by atoms with Gasteiger partial charge in [0.05, 0.1) is 11.4 Å². The molecule has 3 rings (SSSR count). The predicted octanol–water partition coefficient (Wildman–Crippen LogP) is 1.94. The van der Waals surface area contributed by atoms with Gasteiger partial charge in [-0.1, -0.05) is 36.4 Å². The fourth-order valence-corrected chi connectivity index (χ4v) is 4.69. The van der Waals surface area contributed by atoms with Crippen LogP contribution < -0.4 is 5.32 Å². The van der Waals surface area contributed by atoms with Gasteiger partial charge >= 0.3 is 0 Å². The molecule has 0 unspecified atom stereocenters. The van der Waals surface area contributed by atoms with Crippen LogP contribution in [0.15, 0.2) is 59.5 Å². The number of rotatable bonds is 5. The van der Waals surface area contributed by atoms with Gasteiger partial charge in [0.15, 0.2) is 0 Å². The van der Waals surface area contributed by atoms with E-state index in [1.165, 1.54) is 4.31 Å². The number of nitrogens with zero attached hydrogens (tertiary/aromatic N) is 2. The molecule has 2 aromatic rings. The summed E-state index contributed by atoms with van der Waals surface area (Å²) in [4.78, 5) is 14.5. The number of amides is 1. The lowest BCUT2D eigenvalue weighted by Gasteiger charge is -2.33.